The van der Waals surface area contributed by atoms with Gasteiger partial charge in [-0.1, -0.05) is 44.9 Å². The van der Waals surface area contributed by atoms with Crippen LogP contribution in [0, 0.1) is 0 Å². The maximum Gasteiger partial charge on any atom is 1.00 e. The molecule has 0 unspecified atom stereocenters. The molecule has 0 saturated heterocycles. The second kappa shape index (κ2) is 9.66. The normalized spacial score (nSPS) is 11.4. The molecule has 0 N–H and O–H groups in total. The Morgan fingerprint density at radius 2 is 1.52 bits per heavy atom. The van der Waals surface area contributed by atoms with E-state index in [9.17, 15) is 13.0 Å². The summed E-state index contributed by atoms with van der Waals surface area (Å²) in [6.45, 7) is 4.23. The molecule has 0 saturated carbocycles. The van der Waals surface area contributed by atoms with Gasteiger partial charge >= 0.3 is 51.4 Å². The molecular formula is C18H23KO3S. The van der Waals surface area contributed by atoms with Gasteiger partial charge < -0.3 is 4.55 Å². The van der Waals surface area contributed by atoms with E-state index in [1.807, 2.05) is 18.2 Å². The van der Waals surface area contributed by atoms with E-state index in [1.165, 1.54) is 0 Å². The molecule has 0 aliphatic heterocycles. The Morgan fingerprint density at radius 1 is 0.913 bits per heavy atom. The minimum atomic E-state index is -4.43. The molecule has 0 fully saturated rings. The first-order valence-corrected chi connectivity index (χ1v) is 9.38. The van der Waals surface area contributed by atoms with Crippen molar-refractivity contribution in [1.29, 1.82) is 0 Å². The summed E-state index contributed by atoms with van der Waals surface area (Å²) < 4.78 is 34.4. The number of hydrogen-bond acceptors (Lipinski definition) is 3. The third kappa shape index (κ3) is 5.63. The Kier molecular flexibility index (Phi) is 8.94. The molecule has 0 atom stereocenters. The average Bonchev–Trinajstić information content (AvgIpc) is 2.49. The van der Waals surface area contributed by atoms with Gasteiger partial charge in [-0.05, 0) is 59.7 Å². The Labute approximate surface area is 182 Å². The molecule has 0 bridgehead atoms. The fourth-order valence-electron chi connectivity index (χ4n) is 2.80. The largest absolute Gasteiger partial charge is 1.00 e. The summed E-state index contributed by atoms with van der Waals surface area (Å²) in [7, 11) is -4.43. The third-order valence-electron chi connectivity index (χ3n) is 4.03. The molecule has 120 valence electrons. The smallest absolute Gasteiger partial charge is 0.744 e. The van der Waals surface area contributed by atoms with E-state index in [-0.39, 0.29) is 56.3 Å². The third-order valence-corrected chi connectivity index (χ3v) is 4.85. The number of fused-ring (bicyclic) bond motifs is 1. The van der Waals surface area contributed by atoms with Crippen molar-refractivity contribution in [2.75, 3.05) is 0 Å². The maximum atomic E-state index is 11.5. The van der Waals surface area contributed by atoms with Crippen LogP contribution in [0.2, 0.25) is 0 Å². The zero-order valence-corrected chi connectivity index (χ0v) is 18.2. The minimum absolute atomic E-state index is 0. The molecule has 0 aliphatic carbocycles. The summed E-state index contributed by atoms with van der Waals surface area (Å²) in [6.07, 6.45) is 5.86. The molecule has 0 aliphatic rings. The number of rotatable bonds is 7. The SMILES string of the molecule is CCCCc1cc(S(=O)(=O)[O-])cc2c(CCCC)cccc12.[K+]. The molecule has 2 aromatic carbocycles. The van der Waals surface area contributed by atoms with Crippen LogP contribution in [0.15, 0.2) is 35.2 Å². The number of unbranched alkanes of at least 4 members (excludes halogenated alkanes) is 2. The molecule has 0 radical (unpaired) electrons. The Morgan fingerprint density at radius 3 is 2.09 bits per heavy atom. The first-order chi connectivity index (χ1) is 10.5. The van der Waals surface area contributed by atoms with Crippen LogP contribution in [0.4, 0.5) is 0 Å². The van der Waals surface area contributed by atoms with Crippen LogP contribution in [0.25, 0.3) is 10.8 Å². The molecule has 0 aromatic heterocycles. The van der Waals surface area contributed by atoms with Crippen LogP contribution >= 0.6 is 0 Å². The number of hydrogen-bond donors (Lipinski definition) is 0. The summed E-state index contributed by atoms with van der Waals surface area (Å²) in [4.78, 5) is -0.102. The van der Waals surface area contributed by atoms with Crippen molar-refractivity contribution in [3.8, 4) is 0 Å². The van der Waals surface area contributed by atoms with Crippen LogP contribution in [0.3, 0.4) is 0 Å². The molecule has 2 rings (SSSR count). The monoisotopic (exact) mass is 358 g/mol. The van der Waals surface area contributed by atoms with Gasteiger partial charge in [-0.3, -0.25) is 0 Å². The molecule has 2 aromatic rings. The van der Waals surface area contributed by atoms with Crippen molar-refractivity contribution in [3.63, 3.8) is 0 Å². The zero-order valence-electron chi connectivity index (χ0n) is 14.3. The van der Waals surface area contributed by atoms with Crippen LogP contribution in [0.5, 0.6) is 0 Å². The van der Waals surface area contributed by atoms with Crippen molar-refractivity contribution in [2.24, 2.45) is 0 Å². The van der Waals surface area contributed by atoms with E-state index in [4.69, 9.17) is 0 Å². The van der Waals surface area contributed by atoms with Gasteiger partial charge in [-0.2, -0.15) is 0 Å². The van der Waals surface area contributed by atoms with Crippen molar-refractivity contribution >= 4 is 20.9 Å². The van der Waals surface area contributed by atoms with Gasteiger partial charge in [-0.25, -0.2) is 8.42 Å². The fraction of sp³-hybridized carbons (Fsp3) is 0.444. The second-order valence-corrected chi connectivity index (χ2v) is 7.14. The molecule has 0 amide bonds. The predicted molar refractivity (Wildman–Crippen MR) is 89.1 cm³/mol. The Balaban J connectivity index is 0.00000264. The molecule has 23 heavy (non-hydrogen) atoms. The fourth-order valence-corrected chi connectivity index (χ4v) is 3.35. The van der Waals surface area contributed by atoms with Crippen LogP contribution in [0.1, 0.15) is 50.7 Å². The Bertz CT molecular complexity index is 754. The van der Waals surface area contributed by atoms with E-state index in [0.717, 1.165) is 60.4 Å². The average molecular weight is 359 g/mol. The van der Waals surface area contributed by atoms with Gasteiger partial charge in [0, 0.05) is 0 Å². The summed E-state index contributed by atoms with van der Waals surface area (Å²) in [6, 6.07) is 9.19. The number of aryl methyl sites for hydroxylation is 2. The van der Waals surface area contributed by atoms with E-state index >= 15 is 0 Å². The van der Waals surface area contributed by atoms with Gasteiger partial charge in [0.1, 0.15) is 10.1 Å². The summed E-state index contributed by atoms with van der Waals surface area (Å²) in [5.41, 5.74) is 2.09. The van der Waals surface area contributed by atoms with Crippen LogP contribution < -0.4 is 51.4 Å². The zero-order chi connectivity index (χ0) is 16.2. The van der Waals surface area contributed by atoms with E-state index in [2.05, 4.69) is 13.8 Å². The summed E-state index contributed by atoms with van der Waals surface area (Å²) in [5.74, 6) is 0. The molecule has 5 heteroatoms. The van der Waals surface area contributed by atoms with Gasteiger partial charge in [0.15, 0.2) is 0 Å². The van der Waals surface area contributed by atoms with Gasteiger partial charge in [0.05, 0.1) is 4.90 Å². The van der Waals surface area contributed by atoms with Crippen molar-refractivity contribution < 1.29 is 64.4 Å². The van der Waals surface area contributed by atoms with Crippen LogP contribution in [-0.4, -0.2) is 13.0 Å². The molecule has 0 heterocycles. The topological polar surface area (TPSA) is 57.2 Å². The maximum absolute atomic E-state index is 11.5. The minimum Gasteiger partial charge on any atom is -0.744 e. The van der Waals surface area contributed by atoms with Crippen molar-refractivity contribution in [2.45, 2.75) is 57.3 Å². The summed E-state index contributed by atoms with van der Waals surface area (Å²) >= 11 is 0. The second-order valence-electron chi connectivity index (χ2n) is 5.76. The first-order valence-electron chi connectivity index (χ1n) is 7.97. The molecule has 3 nitrogen and oxygen atoms in total. The Hall–Kier alpha value is 0.246. The van der Waals surface area contributed by atoms with Gasteiger partial charge in [0.25, 0.3) is 0 Å². The van der Waals surface area contributed by atoms with Crippen LogP contribution in [-0.2, 0) is 23.0 Å². The summed E-state index contributed by atoms with van der Waals surface area (Å²) in [5, 5.41) is 1.99. The van der Waals surface area contributed by atoms with E-state index in [1.54, 1.807) is 12.1 Å². The quantitative estimate of drug-likeness (QED) is 0.556. The standard InChI is InChI=1S/C18H24O3S.K/c1-3-5-8-14-10-7-11-17-15(9-6-4-2)12-16(13-18(14)17)22(19,20)21;/h7,10-13H,3-6,8-9H2,1-2H3,(H,19,20,21);/q;+1/p-1. The molecular weight excluding hydrogens is 335 g/mol. The number of benzene rings is 2. The predicted octanol–water partition coefficient (Wildman–Crippen LogP) is 1.43. The first kappa shape index (κ1) is 21.3. The molecule has 0 spiro atoms. The van der Waals surface area contributed by atoms with Crippen molar-refractivity contribution in [3.05, 3.63) is 41.5 Å². The van der Waals surface area contributed by atoms with Crippen molar-refractivity contribution in [1.82, 2.24) is 0 Å². The van der Waals surface area contributed by atoms with E-state index in [0.29, 0.717) is 0 Å². The van der Waals surface area contributed by atoms with Gasteiger partial charge in [-0.15, -0.1) is 0 Å². The van der Waals surface area contributed by atoms with E-state index < -0.39 is 10.1 Å². The van der Waals surface area contributed by atoms with Gasteiger partial charge in [0.2, 0.25) is 0 Å².